The van der Waals surface area contributed by atoms with Gasteiger partial charge in [0.2, 0.25) is 0 Å². The number of nitrogens with zero attached hydrogens (tertiary/aromatic N) is 1. The fraction of sp³-hybridized carbons (Fsp3) is 0.214. The van der Waals surface area contributed by atoms with Crippen LogP contribution < -0.4 is 5.32 Å². The van der Waals surface area contributed by atoms with Crippen molar-refractivity contribution in [2.24, 2.45) is 0 Å². The van der Waals surface area contributed by atoms with Gasteiger partial charge >= 0.3 is 0 Å². The van der Waals surface area contributed by atoms with Crippen molar-refractivity contribution >= 4 is 5.69 Å². The Morgan fingerprint density at radius 2 is 2.06 bits per heavy atom. The fourth-order valence-electron chi connectivity index (χ4n) is 1.68. The standard InChI is InChI=1S/C14H16N2O2/c1-18-10-11-4-2-3-5-14(11)16-8-12-6-7-13(17)9-15-12/h2-7,9,16-17H,8,10H2,1H3. The first kappa shape index (κ1) is 12.4. The fourth-order valence-corrected chi connectivity index (χ4v) is 1.68. The lowest BCUT2D eigenvalue weighted by atomic mass is 10.2. The predicted octanol–water partition coefficient (Wildman–Crippen LogP) is 2.55. The van der Waals surface area contributed by atoms with Gasteiger partial charge in [-0.2, -0.15) is 0 Å². The summed E-state index contributed by atoms with van der Waals surface area (Å²) in [5.74, 6) is 0.179. The van der Waals surface area contributed by atoms with E-state index in [1.165, 1.54) is 6.20 Å². The molecule has 2 N–H and O–H groups in total. The summed E-state index contributed by atoms with van der Waals surface area (Å²) >= 11 is 0. The normalized spacial score (nSPS) is 10.3. The van der Waals surface area contributed by atoms with E-state index < -0.39 is 0 Å². The van der Waals surface area contributed by atoms with E-state index in [0.29, 0.717) is 13.2 Å². The van der Waals surface area contributed by atoms with Gasteiger partial charge in [0.15, 0.2) is 0 Å². The van der Waals surface area contributed by atoms with E-state index in [-0.39, 0.29) is 5.75 Å². The van der Waals surface area contributed by atoms with Gasteiger partial charge in [0.1, 0.15) is 5.75 Å². The molecule has 0 bridgehead atoms. The van der Waals surface area contributed by atoms with Crippen molar-refractivity contribution in [1.82, 2.24) is 4.98 Å². The van der Waals surface area contributed by atoms with Crippen molar-refractivity contribution in [3.8, 4) is 5.75 Å². The summed E-state index contributed by atoms with van der Waals surface area (Å²) in [4.78, 5) is 4.13. The zero-order chi connectivity index (χ0) is 12.8. The number of hydrogen-bond acceptors (Lipinski definition) is 4. The van der Waals surface area contributed by atoms with Crippen LogP contribution in [0.1, 0.15) is 11.3 Å². The van der Waals surface area contributed by atoms with Gasteiger partial charge in [0, 0.05) is 18.4 Å². The molecule has 0 aliphatic rings. The highest BCUT2D eigenvalue weighted by Crippen LogP contribution is 2.17. The summed E-state index contributed by atoms with van der Waals surface area (Å²) in [6.07, 6.45) is 1.44. The molecule has 0 saturated carbocycles. The second-order valence-electron chi connectivity index (χ2n) is 3.95. The number of pyridine rings is 1. The highest BCUT2D eigenvalue weighted by molar-refractivity contribution is 5.50. The van der Waals surface area contributed by atoms with Crippen molar-refractivity contribution in [1.29, 1.82) is 0 Å². The van der Waals surface area contributed by atoms with Gasteiger partial charge in [0.05, 0.1) is 25.0 Å². The molecule has 4 nitrogen and oxygen atoms in total. The van der Waals surface area contributed by atoms with Crippen molar-refractivity contribution < 1.29 is 9.84 Å². The van der Waals surface area contributed by atoms with Gasteiger partial charge in [0.25, 0.3) is 0 Å². The van der Waals surface area contributed by atoms with E-state index in [0.717, 1.165) is 16.9 Å². The van der Waals surface area contributed by atoms with Gasteiger partial charge in [-0.1, -0.05) is 18.2 Å². The Morgan fingerprint density at radius 1 is 1.22 bits per heavy atom. The minimum Gasteiger partial charge on any atom is -0.506 e. The number of para-hydroxylation sites is 1. The van der Waals surface area contributed by atoms with Gasteiger partial charge in [-0.25, -0.2) is 0 Å². The molecule has 2 aromatic rings. The van der Waals surface area contributed by atoms with E-state index in [4.69, 9.17) is 9.84 Å². The Morgan fingerprint density at radius 3 is 2.78 bits per heavy atom. The van der Waals surface area contributed by atoms with Crippen molar-refractivity contribution in [3.05, 3.63) is 53.9 Å². The Bertz CT molecular complexity index is 497. The monoisotopic (exact) mass is 244 g/mol. The summed E-state index contributed by atoms with van der Waals surface area (Å²) in [5, 5.41) is 12.5. The van der Waals surface area contributed by atoms with Crippen LogP contribution in [0.4, 0.5) is 5.69 Å². The third-order valence-corrected chi connectivity index (χ3v) is 2.59. The zero-order valence-electron chi connectivity index (χ0n) is 10.3. The number of anilines is 1. The SMILES string of the molecule is COCc1ccccc1NCc1ccc(O)cn1. The molecule has 0 fully saturated rings. The van der Waals surface area contributed by atoms with Gasteiger partial charge in [-0.3, -0.25) is 4.98 Å². The van der Waals surface area contributed by atoms with Crippen molar-refractivity contribution in [2.45, 2.75) is 13.2 Å². The molecule has 0 atom stereocenters. The average Bonchev–Trinajstić information content (AvgIpc) is 2.40. The molecule has 1 heterocycles. The first-order chi connectivity index (χ1) is 8.79. The number of aromatic hydroxyl groups is 1. The Kier molecular flexibility index (Phi) is 4.15. The molecule has 0 aliphatic heterocycles. The van der Waals surface area contributed by atoms with E-state index in [2.05, 4.69) is 10.3 Å². The highest BCUT2D eigenvalue weighted by atomic mass is 16.5. The molecular weight excluding hydrogens is 228 g/mol. The maximum Gasteiger partial charge on any atom is 0.133 e. The second kappa shape index (κ2) is 6.02. The second-order valence-corrected chi connectivity index (χ2v) is 3.95. The number of rotatable bonds is 5. The van der Waals surface area contributed by atoms with Crippen LogP contribution >= 0.6 is 0 Å². The molecule has 0 radical (unpaired) electrons. The smallest absolute Gasteiger partial charge is 0.133 e. The van der Waals surface area contributed by atoms with Crippen LogP contribution in [-0.4, -0.2) is 17.2 Å². The third kappa shape index (κ3) is 3.21. The van der Waals surface area contributed by atoms with Crippen LogP contribution in [0.15, 0.2) is 42.6 Å². The lowest BCUT2D eigenvalue weighted by Gasteiger charge is -2.11. The van der Waals surface area contributed by atoms with Gasteiger partial charge in [-0.05, 0) is 18.2 Å². The molecule has 4 heteroatoms. The van der Waals surface area contributed by atoms with Gasteiger partial charge in [-0.15, -0.1) is 0 Å². The lowest BCUT2D eigenvalue weighted by Crippen LogP contribution is -2.04. The number of hydrogen-bond donors (Lipinski definition) is 2. The maximum absolute atomic E-state index is 9.16. The van der Waals surface area contributed by atoms with E-state index in [1.807, 2.05) is 24.3 Å². The first-order valence-corrected chi connectivity index (χ1v) is 5.74. The average molecular weight is 244 g/mol. The number of ether oxygens (including phenoxy) is 1. The topological polar surface area (TPSA) is 54.4 Å². The molecule has 94 valence electrons. The van der Waals surface area contributed by atoms with E-state index in [1.54, 1.807) is 19.2 Å². The Labute approximate surface area is 106 Å². The summed E-state index contributed by atoms with van der Waals surface area (Å²) in [6, 6.07) is 11.4. The molecule has 18 heavy (non-hydrogen) atoms. The highest BCUT2D eigenvalue weighted by Gasteiger charge is 2.01. The molecule has 0 unspecified atom stereocenters. The summed E-state index contributed by atoms with van der Waals surface area (Å²) < 4.78 is 5.15. The summed E-state index contributed by atoms with van der Waals surface area (Å²) in [5.41, 5.74) is 3.02. The Balaban J connectivity index is 2.03. The molecule has 0 saturated heterocycles. The molecule has 0 spiro atoms. The number of benzene rings is 1. The zero-order valence-corrected chi connectivity index (χ0v) is 10.3. The molecule has 2 rings (SSSR count). The summed E-state index contributed by atoms with van der Waals surface area (Å²) in [7, 11) is 1.68. The van der Waals surface area contributed by atoms with Crippen LogP contribution in [0.2, 0.25) is 0 Å². The van der Waals surface area contributed by atoms with Crippen LogP contribution in [0.25, 0.3) is 0 Å². The van der Waals surface area contributed by atoms with Crippen LogP contribution in [0.5, 0.6) is 5.75 Å². The number of methoxy groups -OCH3 is 1. The quantitative estimate of drug-likeness (QED) is 0.848. The minimum atomic E-state index is 0.179. The first-order valence-electron chi connectivity index (χ1n) is 5.74. The molecular formula is C14H16N2O2. The van der Waals surface area contributed by atoms with Crippen LogP contribution in [0.3, 0.4) is 0 Å². The summed E-state index contributed by atoms with van der Waals surface area (Å²) in [6.45, 7) is 1.19. The van der Waals surface area contributed by atoms with Crippen LogP contribution in [0, 0.1) is 0 Å². The molecule has 0 aliphatic carbocycles. The number of nitrogens with one attached hydrogen (secondary N) is 1. The van der Waals surface area contributed by atoms with Crippen LogP contribution in [-0.2, 0) is 17.9 Å². The lowest BCUT2D eigenvalue weighted by molar-refractivity contribution is 0.185. The third-order valence-electron chi connectivity index (χ3n) is 2.59. The molecule has 1 aromatic carbocycles. The van der Waals surface area contributed by atoms with Crippen molar-refractivity contribution in [2.75, 3.05) is 12.4 Å². The Hall–Kier alpha value is -2.07. The maximum atomic E-state index is 9.16. The number of aromatic nitrogens is 1. The molecule has 0 amide bonds. The van der Waals surface area contributed by atoms with Crippen molar-refractivity contribution in [3.63, 3.8) is 0 Å². The largest absolute Gasteiger partial charge is 0.506 e. The minimum absolute atomic E-state index is 0.179. The van der Waals surface area contributed by atoms with Gasteiger partial charge < -0.3 is 15.2 Å². The predicted molar refractivity (Wildman–Crippen MR) is 70.4 cm³/mol. The van der Waals surface area contributed by atoms with E-state index in [9.17, 15) is 0 Å². The molecule has 1 aromatic heterocycles. The van der Waals surface area contributed by atoms with E-state index >= 15 is 0 Å².